The van der Waals surface area contributed by atoms with Crippen LogP contribution < -0.4 is 14.8 Å². The van der Waals surface area contributed by atoms with Gasteiger partial charge in [-0.15, -0.1) is 0 Å². The van der Waals surface area contributed by atoms with Crippen LogP contribution in [0.15, 0.2) is 40.9 Å². The van der Waals surface area contributed by atoms with Crippen LogP contribution in [0.5, 0.6) is 11.5 Å². The first-order valence-electron chi connectivity index (χ1n) is 5.80. The van der Waals surface area contributed by atoms with Gasteiger partial charge in [-0.05, 0) is 24.3 Å². The number of benzene rings is 2. The first kappa shape index (κ1) is 12.3. The van der Waals surface area contributed by atoms with Gasteiger partial charge in [0.25, 0.3) is 0 Å². The van der Waals surface area contributed by atoms with Crippen molar-refractivity contribution in [3.63, 3.8) is 0 Å². The third-order valence-electron chi connectivity index (χ3n) is 2.88. The molecule has 0 atom stereocenters. The summed E-state index contributed by atoms with van der Waals surface area (Å²) in [6.45, 7) is 0.712. The Labute approximate surface area is 118 Å². The maximum absolute atomic E-state index is 13.7. The molecule has 19 heavy (non-hydrogen) atoms. The quantitative estimate of drug-likeness (QED) is 0.928. The lowest BCUT2D eigenvalue weighted by Crippen LogP contribution is -2.02. The van der Waals surface area contributed by atoms with E-state index in [1.807, 2.05) is 18.2 Å². The number of ether oxygens (including phenoxy) is 2. The van der Waals surface area contributed by atoms with Crippen molar-refractivity contribution in [2.45, 2.75) is 6.54 Å². The van der Waals surface area contributed by atoms with Gasteiger partial charge in [0.2, 0.25) is 6.79 Å². The number of halogens is 2. The molecule has 3 nitrogen and oxygen atoms in total. The Balaban J connectivity index is 1.78. The zero-order valence-corrected chi connectivity index (χ0v) is 11.5. The number of anilines is 1. The van der Waals surface area contributed by atoms with E-state index in [0.717, 1.165) is 17.1 Å². The number of hydrogen-bond acceptors (Lipinski definition) is 3. The molecule has 1 N–H and O–H groups in total. The maximum Gasteiger partial charge on any atom is 0.231 e. The van der Waals surface area contributed by atoms with E-state index in [-0.39, 0.29) is 12.6 Å². The molecule has 0 saturated heterocycles. The fourth-order valence-corrected chi connectivity index (χ4v) is 2.29. The lowest BCUT2D eigenvalue weighted by molar-refractivity contribution is 0.173. The Bertz CT molecular complexity index is 618. The van der Waals surface area contributed by atoms with Gasteiger partial charge in [-0.3, -0.25) is 0 Å². The normalized spacial score (nSPS) is 12.5. The second kappa shape index (κ2) is 5.09. The monoisotopic (exact) mass is 323 g/mol. The summed E-state index contributed by atoms with van der Waals surface area (Å²) in [7, 11) is 0. The topological polar surface area (TPSA) is 30.5 Å². The Morgan fingerprint density at radius 1 is 1.21 bits per heavy atom. The predicted octanol–water partition coefficient (Wildman–Crippen LogP) is 3.93. The Morgan fingerprint density at radius 3 is 2.95 bits per heavy atom. The van der Waals surface area contributed by atoms with Crippen LogP contribution >= 0.6 is 15.9 Å². The van der Waals surface area contributed by atoms with Crippen molar-refractivity contribution >= 4 is 21.6 Å². The number of hydrogen-bond donors (Lipinski definition) is 1. The van der Waals surface area contributed by atoms with E-state index in [4.69, 9.17) is 9.47 Å². The highest BCUT2D eigenvalue weighted by molar-refractivity contribution is 9.10. The van der Waals surface area contributed by atoms with Crippen molar-refractivity contribution < 1.29 is 13.9 Å². The molecular weight excluding hydrogens is 313 g/mol. The molecule has 2 aromatic carbocycles. The third-order valence-corrected chi connectivity index (χ3v) is 3.37. The van der Waals surface area contributed by atoms with E-state index in [0.29, 0.717) is 16.7 Å². The van der Waals surface area contributed by atoms with Gasteiger partial charge in [0.05, 0.1) is 5.69 Å². The fourth-order valence-electron chi connectivity index (χ4n) is 1.95. The van der Waals surface area contributed by atoms with E-state index in [2.05, 4.69) is 21.2 Å². The Hall–Kier alpha value is -1.75. The van der Waals surface area contributed by atoms with Crippen LogP contribution in [-0.4, -0.2) is 6.79 Å². The molecule has 0 fully saturated rings. The first-order valence-corrected chi connectivity index (χ1v) is 6.60. The summed E-state index contributed by atoms with van der Waals surface area (Å²) in [4.78, 5) is 0. The van der Waals surface area contributed by atoms with Crippen molar-refractivity contribution in [3.8, 4) is 11.5 Å². The van der Waals surface area contributed by atoms with Crippen molar-refractivity contribution in [2.75, 3.05) is 12.1 Å². The minimum atomic E-state index is -0.292. The van der Waals surface area contributed by atoms with Crippen LogP contribution in [0.25, 0.3) is 0 Å². The molecule has 0 aromatic heterocycles. The standard InChI is InChI=1S/C14H11BrFNO2/c15-10-4-5-12(11(16)6-10)17-7-9-2-1-3-13-14(9)19-8-18-13/h1-6,17H,7-8H2. The number of rotatable bonds is 3. The summed E-state index contributed by atoms with van der Waals surface area (Å²) in [6.07, 6.45) is 0. The molecule has 5 heteroatoms. The highest BCUT2D eigenvalue weighted by Crippen LogP contribution is 2.35. The SMILES string of the molecule is Fc1cc(Br)ccc1NCc1cccc2c1OCO2. The van der Waals surface area contributed by atoms with E-state index < -0.39 is 0 Å². The van der Waals surface area contributed by atoms with Gasteiger partial charge < -0.3 is 14.8 Å². The van der Waals surface area contributed by atoms with Crippen molar-refractivity contribution in [1.29, 1.82) is 0 Å². The van der Waals surface area contributed by atoms with E-state index >= 15 is 0 Å². The summed E-state index contributed by atoms with van der Waals surface area (Å²) in [5.41, 5.74) is 1.40. The maximum atomic E-state index is 13.7. The fraction of sp³-hybridized carbons (Fsp3) is 0.143. The Morgan fingerprint density at radius 2 is 2.11 bits per heavy atom. The van der Waals surface area contributed by atoms with Crippen LogP contribution in [0.2, 0.25) is 0 Å². The zero-order chi connectivity index (χ0) is 13.2. The predicted molar refractivity (Wildman–Crippen MR) is 74.0 cm³/mol. The lowest BCUT2D eigenvalue weighted by atomic mass is 10.2. The second-order valence-corrected chi connectivity index (χ2v) is 5.04. The van der Waals surface area contributed by atoms with E-state index in [1.165, 1.54) is 6.07 Å². The molecule has 3 rings (SSSR count). The van der Waals surface area contributed by atoms with Gasteiger partial charge in [0.15, 0.2) is 11.5 Å². The highest BCUT2D eigenvalue weighted by atomic mass is 79.9. The molecule has 0 amide bonds. The van der Waals surface area contributed by atoms with Crippen LogP contribution in [0.1, 0.15) is 5.56 Å². The van der Waals surface area contributed by atoms with Crippen molar-refractivity contribution in [3.05, 3.63) is 52.3 Å². The van der Waals surface area contributed by atoms with Crippen molar-refractivity contribution in [2.24, 2.45) is 0 Å². The molecule has 1 heterocycles. The smallest absolute Gasteiger partial charge is 0.231 e. The summed E-state index contributed by atoms with van der Waals surface area (Å²) in [6, 6.07) is 10.6. The lowest BCUT2D eigenvalue weighted by Gasteiger charge is -2.09. The van der Waals surface area contributed by atoms with Gasteiger partial charge in [-0.2, -0.15) is 0 Å². The summed E-state index contributed by atoms with van der Waals surface area (Å²) < 4.78 is 25.1. The molecule has 0 radical (unpaired) electrons. The van der Waals surface area contributed by atoms with Gasteiger partial charge >= 0.3 is 0 Å². The number of fused-ring (bicyclic) bond motifs is 1. The van der Waals surface area contributed by atoms with Crippen LogP contribution in [0.4, 0.5) is 10.1 Å². The molecule has 2 aromatic rings. The molecule has 0 saturated carbocycles. The average Bonchev–Trinajstić information content (AvgIpc) is 2.86. The second-order valence-electron chi connectivity index (χ2n) is 4.13. The largest absolute Gasteiger partial charge is 0.454 e. The zero-order valence-electron chi connectivity index (χ0n) is 9.95. The molecule has 1 aliphatic heterocycles. The van der Waals surface area contributed by atoms with Gasteiger partial charge in [0, 0.05) is 16.6 Å². The van der Waals surface area contributed by atoms with Gasteiger partial charge in [-0.1, -0.05) is 28.1 Å². The molecule has 0 aliphatic carbocycles. The van der Waals surface area contributed by atoms with Gasteiger partial charge in [-0.25, -0.2) is 4.39 Å². The molecule has 0 spiro atoms. The molecule has 0 bridgehead atoms. The Kier molecular flexibility index (Phi) is 3.29. The molecule has 0 unspecified atom stereocenters. The summed E-state index contributed by atoms with van der Waals surface area (Å²) in [5, 5.41) is 3.05. The van der Waals surface area contributed by atoms with Crippen LogP contribution in [-0.2, 0) is 6.54 Å². The van der Waals surface area contributed by atoms with Crippen molar-refractivity contribution in [1.82, 2.24) is 0 Å². The molecule has 98 valence electrons. The summed E-state index contributed by atoms with van der Waals surface area (Å²) in [5.74, 6) is 1.17. The highest BCUT2D eigenvalue weighted by Gasteiger charge is 2.17. The molecule has 1 aliphatic rings. The van der Waals surface area contributed by atoms with Crippen LogP contribution in [0.3, 0.4) is 0 Å². The third kappa shape index (κ3) is 2.51. The number of para-hydroxylation sites is 1. The van der Waals surface area contributed by atoms with Gasteiger partial charge in [0.1, 0.15) is 5.82 Å². The van der Waals surface area contributed by atoms with E-state index in [9.17, 15) is 4.39 Å². The summed E-state index contributed by atoms with van der Waals surface area (Å²) >= 11 is 3.23. The van der Waals surface area contributed by atoms with E-state index in [1.54, 1.807) is 12.1 Å². The van der Waals surface area contributed by atoms with Crippen LogP contribution in [0, 0.1) is 5.82 Å². The molecular formula is C14H11BrFNO2. The first-order chi connectivity index (χ1) is 9.24. The minimum absolute atomic E-state index is 0.235. The number of nitrogens with one attached hydrogen (secondary N) is 1. The average molecular weight is 324 g/mol. The minimum Gasteiger partial charge on any atom is -0.454 e.